The second kappa shape index (κ2) is 5.16. The molecule has 1 saturated heterocycles. The van der Waals surface area contributed by atoms with Gasteiger partial charge in [-0.2, -0.15) is 0 Å². The zero-order chi connectivity index (χ0) is 9.80. The molecule has 0 bridgehead atoms. The summed E-state index contributed by atoms with van der Waals surface area (Å²) in [7, 11) is 0. The third-order valence-electron chi connectivity index (χ3n) is 2.32. The summed E-state index contributed by atoms with van der Waals surface area (Å²) in [6.45, 7) is 5.02. The van der Waals surface area contributed by atoms with Crippen molar-refractivity contribution in [1.82, 2.24) is 4.90 Å². The molecule has 1 aromatic rings. The van der Waals surface area contributed by atoms with Gasteiger partial charge in [0.05, 0.1) is 17.4 Å². The molecule has 1 fully saturated rings. The number of hydrogen-bond acceptors (Lipinski definition) is 4. The highest BCUT2D eigenvalue weighted by molar-refractivity contribution is 8.00. The molecule has 0 aliphatic carbocycles. The smallest absolute Gasteiger partial charge is 0.0599 e. The van der Waals surface area contributed by atoms with Crippen LogP contribution in [0.4, 0.5) is 0 Å². The van der Waals surface area contributed by atoms with Gasteiger partial charge in [0.25, 0.3) is 0 Å². The van der Waals surface area contributed by atoms with Gasteiger partial charge in [0.1, 0.15) is 0 Å². The molecular weight excluding hydrogens is 214 g/mol. The maximum atomic E-state index is 5.32. The molecule has 4 heteroatoms. The quantitative estimate of drug-likeness (QED) is 0.738. The standard InChI is InChI=1S/C10H15NOS2/c1-13-10-3-2-9(14-10)8-11-4-6-12-7-5-11/h2-3H,4-8H2,1H3. The van der Waals surface area contributed by atoms with E-state index in [1.807, 2.05) is 23.1 Å². The third-order valence-corrected chi connectivity index (χ3v) is 4.47. The molecule has 0 atom stereocenters. The SMILES string of the molecule is CSc1ccc(CN2CCOCC2)s1. The fraction of sp³-hybridized carbons (Fsp3) is 0.600. The zero-order valence-corrected chi connectivity index (χ0v) is 10.00. The lowest BCUT2D eigenvalue weighted by Crippen LogP contribution is -2.35. The molecule has 0 amide bonds. The summed E-state index contributed by atoms with van der Waals surface area (Å²) in [5, 5.41) is 0. The molecule has 2 nitrogen and oxygen atoms in total. The lowest BCUT2D eigenvalue weighted by molar-refractivity contribution is 0.0346. The van der Waals surface area contributed by atoms with Gasteiger partial charge in [-0.15, -0.1) is 23.1 Å². The predicted octanol–water partition coefficient (Wildman–Crippen LogP) is 2.30. The normalized spacial score (nSPS) is 18.6. The molecule has 2 rings (SSSR count). The lowest BCUT2D eigenvalue weighted by Gasteiger charge is -2.25. The van der Waals surface area contributed by atoms with Crippen LogP contribution < -0.4 is 0 Å². The van der Waals surface area contributed by atoms with E-state index in [0.29, 0.717) is 0 Å². The monoisotopic (exact) mass is 229 g/mol. The van der Waals surface area contributed by atoms with Crippen LogP contribution in [0.15, 0.2) is 16.3 Å². The molecule has 0 aromatic carbocycles. The third kappa shape index (κ3) is 2.73. The van der Waals surface area contributed by atoms with Crippen LogP contribution in [-0.4, -0.2) is 37.5 Å². The summed E-state index contributed by atoms with van der Waals surface area (Å²) in [5.41, 5.74) is 0. The van der Waals surface area contributed by atoms with Gasteiger partial charge in [0.2, 0.25) is 0 Å². The van der Waals surface area contributed by atoms with Crippen molar-refractivity contribution in [3.63, 3.8) is 0 Å². The lowest BCUT2D eigenvalue weighted by atomic mass is 10.4. The topological polar surface area (TPSA) is 12.5 Å². The molecule has 78 valence electrons. The number of hydrogen-bond donors (Lipinski definition) is 0. The summed E-state index contributed by atoms with van der Waals surface area (Å²) < 4.78 is 6.73. The Labute approximate surface area is 93.3 Å². The highest BCUT2D eigenvalue weighted by Crippen LogP contribution is 2.26. The number of nitrogens with zero attached hydrogens (tertiary/aromatic N) is 1. The number of morpholine rings is 1. The van der Waals surface area contributed by atoms with Crippen LogP contribution >= 0.6 is 23.1 Å². The van der Waals surface area contributed by atoms with E-state index in [4.69, 9.17) is 4.74 Å². The number of ether oxygens (including phenoxy) is 1. The van der Waals surface area contributed by atoms with Crippen LogP contribution in [-0.2, 0) is 11.3 Å². The molecule has 1 aromatic heterocycles. The Kier molecular flexibility index (Phi) is 3.87. The van der Waals surface area contributed by atoms with Crippen LogP contribution in [0.3, 0.4) is 0 Å². The number of thioether (sulfide) groups is 1. The van der Waals surface area contributed by atoms with E-state index in [-0.39, 0.29) is 0 Å². The summed E-state index contributed by atoms with van der Waals surface area (Å²) in [4.78, 5) is 3.93. The molecule has 0 N–H and O–H groups in total. The van der Waals surface area contributed by atoms with Crippen LogP contribution in [0.1, 0.15) is 4.88 Å². The number of rotatable bonds is 3. The maximum Gasteiger partial charge on any atom is 0.0599 e. The minimum absolute atomic E-state index is 0.890. The Hall–Kier alpha value is -0.0300. The highest BCUT2D eigenvalue weighted by atomic mass is 32.2. The minimum atomic E-state index is 0.890. The average Bonchev–Trinajstić information content (AvgIpc) is 2.67. The zero-order valence-electron chi connectivity index (χ0n) is 8.36. The Morgan fingerprint density at radius 3 is 2.86 bits per heavy atom. The second-order valence-corrected chi connectivity index (χ2v) is 5.59. The Balaban J connectivity index is 1.89. The van der Waals surface area contributed by atoms with Crippen LogP contribution in [0.2, 0.25) is 0 Å². The maximum absolute atomic E-state index is 5.32. The first-order valence-corrected chi connectivity index (χ1v) is 6.85. The van der Waals surface area contributed by atoms with Gasteiger partial charge < -0.3 is 4.74 Å². The van der Waals surface area contributed by atoms with Crippen LogP contribution in [0, 0.1) is 0 Å². The molecule has 0 spiro atoms. The van der Waals surface area contributed by atoms with Crippen molar-refractivity contribution in [3.05, 3.63) is 17.0 Å². The fourth-order valence-corrected chi connectivity index (χ4v) is 3.17. The van der Waals surface area contributed by atoms with Crippen LogP contribution in [0.25, 0.3) is 0 Å². The van der Waals surface area contributed by atoms with Crippen molar-refractivity contribution in [3.8, 4) is 0 Å². The van der Waals surface area contributed by atoms with E-state index >= 15 is 0 Å². The Bertz CT molecular complexity index is 281. The van der Waals surface area contributed by atoms with Crippen LogP contribution in [0.5, 0.6) is 0 Å². The molecule has 2 heterocycles. The van der Waals surface area contributed by atoms with Gasteiger partial charge in [-0.05, 0) is 18.4 Å². The first-order chi connectivity index (χ1) is 6.88. The van der Waals surface area contributed by atoms with Crippen molar-refractivity contribution in [2.45, 2.75) is 10.8 Å². The van der Waals surface area contributed by atoms with Crippen molar-refractivity contribution < 1.29 is 4.74 Å². The fourth-order valence-electron chi connectivity index (χ4n) is 1.53. The van der Waals surface area contributed by atoms with E-state index < -0.39 is 0 Å². The molecular formula is C10H15NOS2. The van der Waals surface area contributed by atoms with Gasteiger partial charge in [-0.3, -0.25) is 4.90 Å². The van der Waals surface area contributed by atoms with Gasteiger partial charge >= 0.3 is 0 Å². The van der Waals surface area contributed by atoms with E-state index in [2.05, 4.69) is 23.3 Å². The van der Waals surface area contributed by atoms with Gasteiger partial charge in [-0.1, -0.05) is 0 Å². The van der Waals surface area contributed by atoms with Gasteiger partial charge in [0, 0.05) is 24.5 Å². The first kappa shape index (κ1) is 10.5. The average molecular weight is 229 g/mol. The molecule has 1 aliphatic rings. The molecule has 14 heavy (non-hydrogen) atoms. The Morgan fingerprint density at radius 2 is 2.21 bits per heavy atom. The minimum Gasteiger partial charge on any atom is -0.379 e. The largest absolute Gasteiger partial charge is 0.379 e. The first-order valence-electron chi connectivity index (χ1n) is 4.81. The molecule has 0 saturated carbocycles. The molecule has 0 radical (unpaired) electrons. The second-order valence-electron chi connectivity index (χ2n) is 3.31. The molecule has 1 aliphatic heterocycles. The summed E-state index contributed by atoms with van der Waals surface area (Å²) in [5.74, 6) is 0. The van der Waals surface area contributed by atoms with Crippen molar-refractivity contribution in [1.29, 1.82) is 0 Å². The van der Waals surface area contributed by atoms with Crippen molar-refractivity contribution in [2.75, 3.05) is 32.6 Å². The van der Waals surface area contributed by atoms with E-state index in [1.165, 1.54) is 9.09 Å². The Morgan fingerprint density at radius 1 is 1.43 bits per heavy atom. The van der Waals surface area contributed by atoms with Gasteiger partial charge in [-0.25, -0.2) is 0 Å². The summed E-state index contributed by atoms with van der Waals surface area (Å²) in [6, 6.07) is 4.46. The van der Waals surface area contributed by atoms with Gasteiger partial charge in [0.15, 0.2) is 0 Å². The van der Waals surface area contributed by atoms with Crippen molar-refractivity contribution >= 4 is 23.1 Å². The summed E-state index contributed by atoms with van der Waals surface area (Å²) in [6.07, 6.45) is 2.13. The van der Waals surface area contributed by atoms with Crippen molar-refractivity contribution in [2.24, 2.45) is 0 Å². The van der Waals surface area contributed by atoms with E-state index in [0.717, 1.165) is 32.8 Å². The predicted molar refractivity (Wildman–Crippen MR) is 62.2 cm³/mol. The number of thiophene rings is 1. The highest BCUT2D eigenvalue weighted by Gasteiger charge is 2.11. The van der Waals surface area contributed by atoms with E-state index in [1.54, 1.807) is 0 Å². The van der Waals surface area contributed by atoms with E-state index in [9.17, 15) is 0 Å². The molecule has 0 unspecified atom stereocenters. The summed E-state index contributed by atoms with van der Waals surface area (Å²) >= 11 is 3.73.